The molecule has 3 rings (SSSR count). The van der Waals surface area contributed by atoms with Gasteiger partial charge in [-0.05, 0) is 19.9 Å². The lowest BCUT2D eigenvalue weighted by Crippen LogP contribution is -2.10. The summed E-state index contributed by atoms with van der Waals surface area (Å²) in [5, 5.41) is 7.74. The SMILES string of the molecule is Cc1ncc2cc(N)n(C(C)c3cn[nH]c3)c2n1. The van der Waals surface area contributed by atoms with Crippen molar-refractivity contribution in [2.45, 2.75) is 19.9 Å². The Balaban J connectivity index is 2.22. The summed E-state index contributed by atoms with van der Waals surface area (Å²) >= 11 is 0. The van der Waals surface area contributed by atoms with E-state index < -0.39 is 0 Å². The molecule has 6 heteroatoms. The molecule has 0 aliphatic rings. The van der Waals surface area contributed by atoms with E-state index in [0.29, 0.717) is 5.82 Å². The van der Waals surface area contributed by atoms with Crippen molar-refractivity contribution in [1.29, 1.82) is 0 Å². The van der Waals surface area contributed by atoms with Crippen LogP contribution in [0.25, 0.3) is 11.0 Å². The molecule has 0 aliphatic heterocycles. The van der Waals surface area contributed by atoms with Crippen LogP contribution in [0, 0.1) is 6.92 Å². The van der Waals surface area contributed by atoms with E-state index in [9.17, 15) is 0 Å². The standard InChI is InChI=1S/C12H14N6/c1-7(10-5-15-16-6-10)18-11(13)3-9-4-14-8(2)17-12(9)18/h3-7H,13H2,1-2H3,(H,15,16). The van der Waals surface area contributed by atoms with Crippen molar-refractivity contribution < 1.29 is 0 Å². The van der Waals surface area contributed by atoms with Gasteiger partial charge in [0.2, 0.25) is 0 Å². The molecular weight excluding hydrogens is 228 g/mol. The molecule has 18 heavy (non-hydrogen) atoms. The Morgan fingerprint density at radius 3 is 2.94 bits per heavy atom. The summed E-state index contributed by atoms with van der Waals surface area (Å²) in [5.74, 6) is 1.42. The predicted molar refractivity (Wildman–Crippen MR) is 69.1 cm³/mol. The van der Waals surface area contributed by atoms with Crippen LogP contribution in [-0.2, 0) is 0 Å². The van der Waals surface area contributed by atoms with E-state index >= 15 is 0 Å². The maximum Gasteiger partial charge on any atom is 0.145 e. The number of nitrogen functional groups attached to an aromatic ring is 1. The fourth-order valence-corrected chi connectivity index (χ4v) is 2.16. The summed E-state index contributed by atoms with van der Waals surface area (Å²) in [6, 6.07) is 1.97. The van der Waals surface area contributed by atoms with Crippen molar-refractivity contribution in [3.05, 3.63) is 36.0 Å². The number of H-pyrrole nitrogens is 1. The molecule has 0 bridgehead atoms. The van der Waals surface area contributed by atoms with Crippen molar-refractivity contribution in [1.82, 2.24) is 24.7 Å². The number of nitrogens with zero attached hydrogens (tertiary/aromatic N) is 4. The molecule has 3 N–H and O–H groups in total. The van der Waals surface area contributed by atoms with E-state index in [1.54, 1.807) is 12.4 Å². The molecule has 1 atom stereocenters. The third kappa shape index (κ3) is 1.54. The number of fused-ring (bicyclic) bond motifs is 1. The van der Waals surface area contributed by atoms with Crippen LogP contribution in [0.4, 0.5) is 5.82 Å². The third-order valence-corrected chi connectivity index (χ3v) is 3.12. The van der Waals surface area contributed by atoms with Gasteiger partial charge in [0.05, 0.1) is 12.2 Å². The van der Waals surface area contributed by atoms with Gasteiger partial charge in [0.15, 0.2) is 0 Å². The minimum atomic E-state index is 0.0792. The second-order valence-corrected chi connectivity index (χ2v) is 4.34. The minimum absolute atomic E-state index is 0.0792. The van der Waals surface area contributed by atoms with E-state index in [4.69, 9.17) is 5.73 Å². The molecule has 0 saturated carbocycles. The second-order valence-electron chi connectivity index (χ2n) is 4.34. The zero-order valence-corrected chi connectivity index (χ0v) is 10.3. The van der Waals surface area contributed by atoms with Crippen LogP contribution in [0.2, 0.25) is 0 Å². The fraction of sp³-hybridized carbons (Fsp3) is 0.250. The van der Waals surface area contributed by atoms with Crippen molar-refractivity contribution in [2.24, 2.45) is 0 Å². The summed E-state index contributed by atoms with van der Waals surface area (Å²) in [6.07, 6.45) is 5.46. The molecule has 6 nitrogen and oxygen atoms in total. The molecule has 1 unspecified atom stereocenters. The molecule has 92 valence electrons. The molecule has 0 radical (unpaired) electrons. The monoisotopic (exact) mass is 242 g/mol. The van der Waals surface area contributed by atoms with Crippen LogP contribution >= 0.6 is 0 Å². The lowest BCUT2D eigenvalue weighted by Gasteiger charge is -2.14. The number of nitrogens with two attached hydrogens (primary N) is 1. The number of aromatic nitrogens is 5. The Hall–Kier alpha value is -2.37. The number of nitrogens with one attached hydrogen (secondary N) is 1. The zero-order chi connectivity index (χ0) is 12.7. The number of aromatic amines is 1. The lowest BCUT2D eigenvalue weighted by molar-refractivity contribution is 0.666. The summed E-state index contributed by atoms with van der Waals surface area (Å²) in [7, 11) is 0. The van der Waals surface area contributed by atoms with Gasteiger partial charge in [-0.2, -0.15) is 5.10 Å². The summed E-state index contributed by atoms with van der Waals surface area (Å²) in [5.41, 5.74) is 8.00. The summed E-state index contributed by atoms with van der Waals surface area (Å²) < 4.78 is 1.99. The van der Waals surface area contributed by atoms with E-state index in [0.717, 1.165) is 22.4 Å². The van der Waals surface area contributed by atoms with Crippen molar-refractivity contribution in [3.63, 3.8) is 0 Å². The molecule has 3 aromatic rings. The van der Waals surface area contributed by atoms with Gasteiger partial charge < -0.3 is 10.3 Å². The molecule has 3 heterocycles. The largest absolute Gasteiger partial charge is 0.385 e. The van der Waals surface area contributed by atoms with Gasteiger partial charge in [0.1, 0.15) is 17.3 Å². The molecule has 0 aliphatic carbocycles. The Morgan fingerprint density at radius 1 is 1.39 bits per heavy atom. The van der Waals surface area contributed by atoms with E-state index in [1.165, 1.54) is 0 Å². The number of aryl methyl sites for hydroxylation is 1. The average Bonchev–Trinajstić information content (AvgIpc) is 2.94. The van der Waals surface area contributed by atoms with Gasteiger partial charge in [-0.15, -0.1) is 0 Å². The lowest BCUT2D eigenvalue weighted by atomic mass is 10.2. The van der Waals surface area contributed by atoms with Crippen molar-refractivity contribution >= 4 is 16.9 Å². The molecule has 0 saturated heterocycles. The fourth-order valence-electron chi connectivity index (χ4n) is 2.16. The van der Waals surface area contributed by atoms with E-state index in [1.807, 2.05) is 23.8 Å². The average molecular weight is 242 g/mol. The zero-order valence-electron chi connectivity index (χ0n) is 10.3. The minimum Gasteiger partial charge on any atom is -0.385 e. The van der Waals surface area contributed by atoms with Crippen LogP contribution in [0.15, 0.2) is 24.7 Å². The van der Waals surface area contributed by atoms with Gasteiger partial charge in [0, 0.05) is 23.3 Å². The molecule has 0 spiro atoms. The predicted octanol–water partition coefficient (Wildman–Crippen LogP) is 1.65. The first kappa shape index (κ1) is 10.8. The first-order valence-electron chi connectivity index (χ1n) is 5.75. The van der Waals surface area contributed by atoms with Gasteiger partial charge in [-0.1, -0.05) is 0 Å². The van der Waals surface area contributed by atoms with Crippen LogP contribution in [0.1, 0.15) is 24.4 Å². The van der Waals surface area contributed by atoms with Crippen LogP contribution in [0.5, 0.6) is 0 Å². The highest BCUT2D eigenvalue weighted by Gasteiger charge is 2.16. The quantitative estimate of drug-likeness (QED) is 0.715. The smallest absolute Gasteiger partial charge is 0.145 e. The van der Waals surface area contributed by atoms with Gasteiger partial charge in [0.25, 0.3) is 0 Å². The van der Waals surface area contributed by atoms with E-state index in [2.05, 4.69) is 27.1 Å². The molecule has 0 amide bonds. The Morgan fingerprint density at radius 2 is 2.22 bits per heavy atom. The summed E-state index contributed by atoms with van der Waals surface area (Å²) in [4.78, 5) is 8.65. The number of anilines is 1. The van der Waals surface area contributed by atoms with Gasteiger partial charge in [-0.3, -0.25) is 5.10 Å². The highest BCUT2D eigenvalue weighted by molar-refractivity contribution is 5.80. The topological polar surface area (TPSA) is 85.4 Å². The highest BCUT2D eigenvalue weighted by Crippen LogP contribution is 2.27. The van der Waals surface area contributed by atoms with Crippen LogP contribution < -0.4 is 5.73 Å². The van der Waals surface area contributed by atoms with E-state index in [-0.39, 0.29) is 6.04 Å². The number of rotatable bonds is 2. The first-order valence-corrected chi connectivity index (χ1v) is 5.75. The van der Waals surface area contributed by atoms with Gasteiger partial charge >= 0.3 is 0 Å². The molecule has 0 fully saturated rings. The third-order valence-electron chi connectivity index (χ3n) is 3.12. The maximum absolute atomic E-state index is 6.07. The highest BCUT2D eigenvalue weighted by atomic mass is 15.1. The van der Waals surface area contributed by atoms with Crippen molar-refractivity contribution in [2.75, 3.05) is 5.73 Å². The number of hydrogen-bond donors (Lipinski definition) is 2. The second kappa shape index (κ2) is 3.83. The first-order chi connectivity index (χ1) is 8.66. The Kier molecular flexibility index (Phi) is 2.29. The normalized spacial score (nSPS) is 13.0. The Labute approximate surface area is 104 Å². The van der Waals surface area contributed by atoms with Crippen molar-refractivity contribution in [3.8, 4) is 0 Å². The molecule has 3 aromatic heterocycles. The van der Waals surface area contributed by atoms with Gasteiger partial charge in [-0.25, -0.2) is 9.97 Å². The Bertz CT molecular complexity index is 682. The van der Waals surface area contributed by atoms with Crippen LogP contribution in [-0.4, -0.2) is 24.7 Å². The summed E-state index contributed by atoms with van der Waals surface area (Å²) in [6.45, 7) is 3.94. The molecule has 0 aromatic carbocycles. The number of hydrogen-bond acceptors (Lipinski definition) is 4. The molecular formula is C12H14N6. The van der Waals surface area contributed by atoms with Crippen LogP contribution in [0.3, 0.4) is 0 Å². The maximum atomic E-state index is 6.07.